The Kier molecular flexibility index (Phi) is 9.77. The van der Waals surface area contributed by atoms with Crippen molar-refractivity contribution in [1.29, 1.82) is 0 Å². The molecule has 10 nitrogen and oxygen atoms in total. The predicted molar refractivity (Wildman–Crippen MR) is 165 cm³/mol. The number of benzene rings is 1. The second kappa shape index (κ2) is 13.0. The first-order chi connectivity index (χ1) is 20.6. The molecule has 2 aromatic heterocycles. The third-order valence-corrected chi connectivity index (χ3v) is 7.76. The van der Waals surface area contributed by atoms with Gasteiger partial charge in [-0.3, -0.25) is 9.59 Å². The van der Waals surface area contributed by atoms with Crippen LogP contribution in [-0.4, -0.2) is 64.1 Å². The highest BCUT2D eigenvalue weighted by Crippen LogP contribution is 2.39. The molecule has 0 saturated carbocycles. The van der Waals surface area contributed by atoms with E-state index in [2.05, 4.69) is 29.2 Å². The highest BCUT2D eigenvalue weighted by Gasteiger charge is 2.37. The monoisotopic (exact) mass is 609 g/mol. The van der Waals surface area contributed by atoms with Gasteiger partial charge >= 0.3 is 5.97 Å². The fourth-order valence-corrected chi connectivity index (χ4v) is 5.33. The Morgan fingerprint density at radius 3 is 2.41 bits per heavy atom. The summed E-state index contributed by atoms with van der Waals surface area (Å²) in [5.41, 5.74) is 2.25. The number of carbonyl (C=O) groups is 3. The van der Waals surface area contributed by atoms with Gasteiger partial charge in [0.05, 0.1) is 24.3 Å². The number of hydrogen-bond donors (Lipinski definition) is 1. The molecule has 1 aliphatic rings. The molecule has 1 aliphatic heterocycles. The van der Waals surface area contributed by atoms with Crippen LogP contribution >= 0.6 is 0 Å². The third-order valence-electron chi connectivity index (χ3n) is 7.76. The van der Waals surface area contributed by atoms with Gasteiger partial charge in [-0.2, -0.15) is 9.61 Å². The Balaban J connectivity index is 1.69. The van der Waals surface area contributed by atoms with E-state index in [4.69, 9.17) is 14.5 Å². The largest absolute Gasteiger partial charge is 0.464 e. The van der Waals surface area contributed by atoms with Gasteiger partial charge in [-0.25, -0.2) is 14.2 Å². The lowest BCUT2D eigenvalue weighted by Crippen LogP contribution is -2.40. The van der Waals surface area contributed by atoms with Gasteiger partial charge in [-0.05, 0) is 77.0 Å². The number of carbonyl (C=O) groups excluding carboxylic acids is 3. The van der Waals surface area contributed by atoms with Crippen LogP contribution in [0, 0.1) is 25.1 Å². The average molecular weight is 610 g/mol. The molecule has 0 spiro atoms. The first kappa shape index (κ1) is 33.0. The second-order valence-electron chi connectivity index (χ2n) is 13.2. The molecule has 1 aromatic carbocycles. The number of fused-ring (bicyclic) bond motifs is 1. The van der Waals surface area contributed by atoms with Gasteiger partial charge in [0.15, 0.2) is 23.2 Å². The number of aryl methyl sites for hydroxylation is 2. The van der Waals surface area contributed by atoms with E-state index in [0.29, 0.717) is 46.9 Å². The van der Waals surface area contributed by atoms with Gasteiger partial charge in [0.25, 0.3) is 5.91 Å². The Hall–Kier alpha value is -3.86. The topological polar surface area (TPSA) is 115 Å². The number of hydrogen-bond acceptors (Lipinski definition) is 8. The number of amides is 1. The van der Waals surface area contributed by atoms with Crippen molar-refractivity contribution in [3.8, 4) is 0 Å². The Bertz CT molecular complexity index is 1550. The molecule has 1 fully saturated rings. The Morgan fingerprint density at radius 2 is 1.80 bits per heavy atom. The molecule has 3 heterocycles. The summed E-state index contributed by atoms with van der Waals surface area (Å²) >= 11 is 0. The molecule has 3 aromatic rings. The zero-order chi connectivity index (χ0) is 32.4. The van der Waals surface area contributed by atoms with Crippen molar-refractivity contribution in [1.82, 2.24) is 19.9 Å². The molecule has 1 N–H and O–H groups in total. The standard InChI is InChI=1S/C33H44FN5O5/c1-9-43-31(42)28(44-32(4,5)6)27-21(3)36-26-18-25(37-39(26)30(27)38-14-12-33(7,8)13-15-38)29(41)35-19-23(40)17-22-10-11-24(34)20(2)16-22/h10-11,16,18,28H,9,12-15,17,19H2,1-8H3,(H,35,41)/t28-/m0/s1. The number of ketones is 1. The molecule has 1 saturated heterocycles. The lowest BCUT2D eigenvalue weighted by atomic mass is 9.82. The van der Waals surface area contributed by atoms with E-state index in [9.17, 15) is 18.8 Å². The number of esters is 1. The molecule has 0 radical (unpaired) electrons. The number of rotatable bonds is 10. The fourth-order valence-electron chi connectivity index (χ4n) is 5.33. The summed E-state index contributed by atoms with van der Waals surface area (Å²) in [7, 11) is 0. The summed E-state index contributed by atoms with van der Waals surface area (Å²) in [6.07, 6.45) is 0.842. The number of halogens is 1. The minimum Gasteiger partial charge on any atom is -0.464 e. The van der Waals surface area contributed by atoms with Crippen LogP contribution in [0.5, 0.6) is 0 Å². The van der Waals surface area contributed by atoms with Crippen LogP contribution in [0.3, 0.4) is 0 Å². The van der Waals surface area contributed by atoms with E-state index in [1.807, 2.05) is 27.7 Å². The molecular weight excluding hydrogens is 565 g/mol. The Labute approximate surface area is 258 Å². The van der Waals surface area contributed by atoms with Crippen LogP contribution in [0.4, 0.5) is 10.2 Å². The summed E-state index contributed by atoms with van der Waals surface area (Å²) in [5, 5.41) is 7.29. The van der Waals surface area contributed by atoms with E-state index in [1.165, 1.54) is 6.07 Å². The SMILES string of the molecule is CCOC(=O)[C@@H](OC(C)(C)C)c1c(C)nc2cc(C(=O)NCC(=O)Cc3ccc(F)c(C)c3)nn2c1N1CCC(C)(C)CC1. The highest BCUT2D eigenvalue weighted by atomic mass is 19.1. The summed E-state index contributed by atoms with van der Waals surface area (Å²) < 4.78 is 26.9. The van der Waals surface area contributed by atoms with E-state index >= 15 is 0 Å². The molecule has 11 heteroatoms. The van der Waals surface area contributed by atoms with E-state index < -0.39 is 23.6 Å². The zero-order valence-corrected chi connectivity index (χ0v) is 27.0. The van der Waals surface area contributed by atoms with Crippen molar-refractivity contribution in [3.63, 3.8) is 0 Å². The van der Waals surface area contributed by atoms with Gasteiger partial charge in [0, 0.05) is 31.3 Å². The van der Waals surface area contributed by atoms with Gasteiger partial charge in [0.2, 0.25) is 0 Å². The van der Waals surface area contributed by atoms with Crippen molar-refractivity contribution >= 4 is 29.1 Å². The fraction of sp³-hybridized carbons (Fsp3) is 0.545. The maximum Gasteiger partial charge on any atom is 0.340 e. The minimum atomic E-state index is -1.06. The lowest BCUT2D eigenvalue weighted by molar-refractivity contribution is -0.166. The summed E-state index contributed by atoms with van der Waals surface area (Å²) in [5.74, 6) is -0.980. The molecule has 238 valence electrons. The summed E-state index contributed by atoms with van der Waals surface area (Å²) in [6.45, 7) is 16.7. The van der Waals surface area contributed by atoms with E-state index in [-0.39, 0.29) is 42.3 Å². The Morgan fingerprint density at radius 1 is 1.11 bits per heavy atom. The van der Waals surface area contributed by atoms with Gasteiger partial charge < -0.3 is 19.7 Å². The molecule has 0 aliphatic carbocycles. The van der Waals surface area contributed by atoms with Crippen molar-refractivity contribution in [3.05, 3.63) is 58.2 Å². The average Bonchev–Trinajstić information content (AvgIpc) is 3.35. The zero-order valence-electron chi connectivity index (χ0n) is 27.0. The van der Waals surface area contributed by atoms with Crippen molar-refractivity contribution in [2.75, 3.05) is 31.1 Å². The molecule has 1 amide bonds. The second-order valence-corrected chi connectivity index (χ2v) is 13.2. The molecule has 44 heavy (non-hydrogen) atoms. The maximum absolute atomic E-state index is 13.6. The molecule has 0 bridgehead atoms. The first-order valence-electron chi connectivity index (χ1n) is 15.1. The molecule has 0 unspecified atom stereocenters. The van der Waals surface area contributed by atoms with Crippen LogP contribution < -0.4 is 10.2 Å². The van der Waals surface area contributed by atoms with Gasteiger partial charge in [-0.15, -0.1) is 0 Å². The van der Waals surface area contributed by atoms with Crippen LogP contribution in [0.15, 0.2) is 24.3 Å². The third kappa shape index (κ3) is 7.80. The number of nitrogens with one attached hydrogen (secondary N) is 1. The minimum absolute atomic E-state index is 0.0646. The number of aromatic nitrogens is 3. The summed E-state index contributed by atoms with van der Waals surface area (Å²) in [4.78, 5) is 46.1. The first-order valence-corrected chi connectivity index (χ1v) is 15.1. The van der Waals surface area contributed by atoms with Crippen LogP contribution in [0.1, 0.15) is 93.4 Å². The normalized spacial score (nSPS) is 15.7. The molecule has 1 atom stereocenters. The van der Waals surface area contributed by atoms with Gasteiger partial charge in [0.1, 0.15) is 11.6 Å². The van der Waals surface area contributed by atoms with Crippen LogP contribution in [0.2, 0.25) is 0 Å². The van der Waals surface area contributed by atoms with Gasteiger partial charge in [-0.1, -0.05) is 26.0 Å². The van der Waals surface area contributed by atoms with Crippen molar-refractivity contribution in [2.24, 2.45) is 5.41 Å². The molecular formula is C33H44FN5O5. The smallest absolute Gasteiger partial charge is 0.340 e. The summed E-state index contributed by atoms with van der Waals surface area (Å²) in [6, 6.07) is 6.09. The van der Waals surface area contributed by atoms with Crippen molar-refractivity contribution in [2.45, 2.75) is 86.4 Å². The maximum atomic E-state index is 13.6. The van der Waals surface area contributed by atoms with Crippen LogP contribution in [0.25, 0.3) is 5.65 Å². The van der Waals surface area contributed by atoms with E-state index in [1.54, 1.807) is 36.6 Å². The number of anilines is 1. The van der Waals surface area contributed by atoms with E-state index in [0.717, 1.165) is 12.8 Å². The van der Waals surface area contributed by atoms with Crippen molar-refractivity contribution < 1.29 is 28.2 Å². The number of Topliss-reactive ketones (excluding diaryl/α,β-unsaturated/α-hetero) is 1. The lowest BCUT2D eigenvalue weighted by Gasteiger charge is -2.39. The number of ether oxygens (including phenoxy) is 2. The molecule has 4 rings (SSSR count). The quantitative estimate of drug-likeness (QED) is 0.317. The predicted octanol–water partition coefficient (Wildman–Crippen LogP) is 5.07. The number of piperidine rings is 1. The highest BCUT2D eigenvalue weighted by molar-refractivity contribution is 5.96. The number of nitrogens with zero attached hydrogens (tertiary/aromatic N) is 4. The van der Waals surface area contributed by atoms with Crippen LogP contribution in [-0.2, 0) is 25.5 Å².